The first-order chi connectivity index (χ1) is 11.3. The highest BCUT2D eigenvalue weighted by Gasteiger charge is 2.47. The lowest BCUT2D eigenvalue weighted by Crippen LogP contribution is -2.47. The van der Waals surface area contributed by atoms with E-state index < -0.39 is 0 Å². The van der Waals surface area contributed by atoms with Crippen LogP contribution >= 0.6 is 0 Å². The molecule has 0 fully saturated rings. The van der Waals surface area contributed by atoms with Crippen LogP contribution in [0.1, 0.15) is 70.4 Å². The Morgan fingerprint density at radius 2 is 2.08 bits per heavy atom. The van der Waals surface area contributed by atoms with E-state index in [2.05, 4.69) is 45.9 Å². The summed E-state index contributed by atoms with van der Waals surface area (Å²) in [6.07, 6.45) is 8.98. The molecule has 1 aromatic rings. The summed E-state index contributed by atoms with van der Waals surface area (Å²) in [5.74, 6) is 1.95. The van der Waals surface area contributed by atoms with Crippen LogP contribution in [0, 0.1) is 12.8 Å². The lowest BCUT2D eigenvalue weighted by molar-refractivity contribution is -0.0122. The minimum atomic E-state index is -0.180. The Morgan fingerprint density at radius 3 is 2.79 bits per heavy atom. The largest absolute Gasteiger partial charge is 0.507 e. The smallest absolute Gasteiger partial charge is 0.127 e. The zero-order valence-electron chi connectivity index (χ0n) is 15.6. The molecule has 3 rings (SSSR count). The summed E-state index contributed by atoms with van der Waals surface area (Å²) in [5.41, 5.74) is 4.65. The number of aryl methyl sites for hydroxylation is 1. The van der Waals surface area contributed by atoms with Crippen LogP contribution in [-0.4, -0.2) is 10.7 Å². The molecule has 1 heterocycles. The fourth-order valence-corrected chi connectivity index (χ4v) is 4.41. The fourth-order valence-electron chi connectivity index (χ4n) is 4.41. The molecule has 1 aliphatic carbocycles. The van der Waals surface area contributed by atoms with Crippen molar-refractivity contribution in [1.29, 1.82) is 0 Å². The Morgan fingerprint density at radius 1 is 1.33 bits per heavy atom. The second-order valence-electron chi connectivity index (χ2n) is 8.11. The number of allylic oxidation sites excluding steroid dienone is 4. The third-order valence-corrected chi connectivity index (χ3v) is 5.67. The van der Waals surface area contributed by atoms with Crippen molar-refractivity contribution in [2.24, 2.45) is 5.92 Å². The standard InChI is InChI=1S/C22H30O2/c1-14(2)7-6-10-22(5)18-9-8-15(3)11-17(18)21-19(23)12-16(4)13-20(21)24-22/h7,11-13,17-18,23H,6,8-10H2,1-5H3/t17-,18+,22-/m0/s1. The molecular formula is C22H30O2. The molecular weight excluding hydrogens is 296 g/mol. The van der Waals surface area contributed by atoms with Crippen molar-refractivity contribution in [3.8, 4) is 11.5 Å². The Bertz CT molecular complexity index is 694. The van der Waals surface area contributed by atoms with Gasteiger partial charge in [0, 0.05) is 17.4 Å². The van der Waals surface area contributed by atoms with Crippen molar-refractivity contribution in [2.75, 3.05) is 0 Å². The van der Waals surface area contributed by atoms with Crippen LogP contribution in [0.2, 0.25) is 0 Å². The number of hydrogen-bond donors (Lipinski definition) is 1. The number of aromatic hydroxyl groups is 1. The third kappa shape index (κ3) is 3.11. The molecule has 0 radical (unpaired) electrons. The summed E-state index contributed by atoms with van der Waals surface area (Å²) in [6, 6.07) is 3.95. The van der Waals surface area contributed by atoms with Crippen LogP contribution in [0.5, 0.6) is 11.5 Å². The number of phenols is 1. The van der Waals surface area contributed by atoms with Gasteiger partial charge in [-0.3, -0.25) is 0 Å². The van der Waals surface area contributed by atoms with Crippen molar-refractivity contribution >= 4 is 0 Å². The maximum atomic E-state index is 10.6. The summed E-state index contributed by atoms with van der Waals surface area (Å²) in [4.78, 5) is 0. The van der Waals surface area contributed by atoms with Crippen LogP contribution in [-0.2, 0) is 0 Å². The van der Waals surface area contributed by atoms with Crippen LogP contribution in [0.3, 0.4) is 0 Å². The van der Waals surface area contributed by atoms with Crippen LogP contribution in [0.4, 0.5) is 0 Å². The first kappa shape index (κ1) is 17.1. The normalized spacial score (nSPS) is 28.3. The number of fused-ring (bicyclic) bond motifs is 3. The van der Waals surface area contributed by atoms with Gasteiger partial charge in [0.25, 0.3) is 0 Å². The monoisotopic (exact) mass is 326 g/mol. The van der Waals surface area contributed by atoms with Gasteiger partial charge in [-0.1, -0.05) is 23.3 Å². The first-order valence-corrected chi connectivity index (χ1v) is 9.13. The molecule has 0 unspecified atom stereocenters. The summed E-state index contributed by atoms with van der Waals surface area (Å²) < 4.78 is 6.55. The number of phenolic OH excluding ortho intramolecular Hbond substituents is 1. The van der Waals surface area contributed by atoms with Gasteiger partial charge in [0.1, 0.15) is 17.1 Å². The van der Waals surface area contributed by atoms with E-state index in [1.165, 1.54) is 11.1 Å². The number of hydrogen-bond acceptors (Lipinski definition) is 2. The quantitative estimate of drug-likeness (QED) is 0.686. The molecule has 2 aliphatic rings. The second kappa shape index (κ2) is 6.31. The third-order valence-electron chi connectivity index (χ3n) is 5.67. The van der Waals surface area contributed by atoms with Crippen molar-refractivity contribution in [3.63, 3.8) is 0 Å². The minimum absolute atomic E-state index is 0.180. The lowest BCUT2D eigenvalue weighted by Gasteiger charge is -2.48. The first-order valence-electron chi connectivity index (χ1n) is 9.13. The number of rotatable bonds is 3. The molecule has 0 saturated carbocycles. The van der Waals surface area contributed by atoms with Crippen LogP contribution in [0.15, 0.2) is 35.4 Å². The van der Waals surface area contributed by atoms with Gasteiger partial charge in [0.2, 0.25) is 0 Å². The predicted molar refractivity (Wildman–Crippen MR) is 99.8 cm³/mol. The second-order valence-corrected chi connectivity index (χ2v) is 8.11. The molecule has 1 aromatic carbocycles. The van der Waals surface area contributed by atoms with Gasteiger partial charge in [0.05, 0.1) is 0 Å². The van der Waals surface area contributed by atoms with Gasteiger partial charge in [-0.25, -0.2) is 0 Å². The van der Waals surface area contributed by atoms with E-state index in [0.717, 1.165) is 42.6 Å². The van der Waals surface area contributed by atoms with Gasteiger partial charge in [0.15, 0.2) is 0 Å². The summed E-state index contributed by atoms with van der Waals surface area (Å²) in [5, 5.41) is 10.6. The van der Waals surface area contributed by atoms with E-state index >= 15 is 0 Å². The van der Waals surface area contributed by atoms with E-state index in [1.54, 1.807) is 0 Å². The molecule has 2 heteroatoms. The molecule has 0 spiro atoms. The fraction of sp³-hybridized carbons (Fsp3) is 0.545. The molecule has 1 aliphatic heterocycles. The summed E-state index contributed by atoms with van der Waals surface area (Å²) in [7, 11) is 0. The minimum Gasteiger partial charge on any atom is -0.507 e. The van der Waals surface area contributed by atoms with Gasteiger partial charge in [-0.2, -0.15) is 0 Å². The molecule has 3 atom stereocenters. The molecule has 0 bridgehead atoms. The molecule has 2 nitrogen and oxygen atoms in total. The Labute approximate surface area is 146 Å². The highest BCUT2D eigenvalue weighted by atomic mass is 16.5. The van der Waals surface area contributed by atoms with Gasteiger partial charge in [-0.15, -0.1) is 0 Å². The predicted octanol–water partition coefficient (Wildman–Crippen LogP) is 6.04. The van der Waals surface area contributed by atoms with Gasteiger partial charge in [-0.05, 0) is 78.0 Å². The lowest BCUT2D eigenvalue weighted by atomic mass is 9.66. The number of benzene rings is 1. The molecule has 130 valence electrons. The summed E-state index contributed by atoms with van der Waals surface area (Å²) in [6.45, 7) is 10.8. The maximum absolute atomic E-state index is 10.6. The molecule has 1 N–H and O–H groups in total. The Hall–Kier alpha value is -1.70. The average Bonchev–Trinajstić information content (AvgIpc) is 2.45. The van der Waals surface area contributed by atoms with Crippen molar-refractivity contribution in [3.05, 3.63) is 46.6 Å². The van der Waals surface area contributed by atoms with Crippen LogP contribution in [0.25, 0.3) is 0 Å². The summed E-state index contributed by atoms with van der Waals surface area (Å²) >= 11 is 0. The molecule has 0 amide bonds. The van der Waals surface area contributed by atoms with E-state index in [9.17, 15) is 5.11 Å². The van der Waals surface area contributed by atoms with Crippen molar-refractivity contribution in [2.45, 2.75) is 71.8 Å². The van der Waals surface area contributed by atoms with E-state index in [0.29, 0.717) is 11.7 Å². The Balaban J connectivity index is 2.03. The van der Waals surface area contributed by atoms with Crippen LogP contribution < -0.4 is 4.74 Å². The zero-order chi connectivity index (χ0) is 17.5. The number of ether oxygens (including phenoxy) is 1. The van der Waals surface area contributed by atoms with E-state index in [-0.39, 0.29) is 11.5 Å². The highest BCUT2D eigenvalue weighted by Crippen LogP contribution is 2.54. The Kier molecular flexibility index (Phi) is 4.50. The molecule has 24 heavy (non-hydrogen) atoms. The average molecular weight is 326 g/mol. The van der Waals surface area contributed by atoms with E-state index in [4.69, 9.17) is 4.74 Å². The van der Waals surface area contributed by atoms with Gasteiger partial charge >= 0.3 is 0 Å². The highest BCUT2D eigenvalue weighted by molar-refractivity contribution is 5.53. The zero-order valence-corrected chi connectivity index (χ0v) is 15.6. The van der Waals surface area contributed by atoms with Crippen molar-refractivity contribution in [1.82, 2.24) is 0 Å². The topological polar surface area (TPSA) is 29.5 Å². The SMILES string of the molecule is CC(C)=CCC[C@]1(C)Oc2cc(C)cc(O)c2[C@H]2C=C(C)CC[C@H]21. The maximum Gasteiger partial charge on any atom is 0.127 e. The van der Waals surface area contributed by atoms with Crippen molar-refractivity contribution < 1.29 is 9.84 Å². The molecule has 0 saturated heterocycles. The van der Waals surface area contributed by atoms with E-state index in [1.807, 2.05) is 13.0 Å². The molecule has 0 aromatic heterocycles. The van der Waals surface area contributed by atoms with Gasteiger partial charge < -0.3 is 9.84 Å².